The van der Waals surface area contributed by atoms with Gasteiger partial charge in [0.05, 0.1) is 26.7 Å². The molecule has 0 bridgehead atoms. The van der Waals surface area contributed by atoms with Crippen LogP contribution in [-0.2, 0) is 4.79 Å². The van der Waals surface area contributed by atoms with E-state index in [-0.39, 0.29) is 5.92 Å². The van der Waals surface area contributed by atoms with Crippen LogP contribution in [0.15, 0.2) is 12.4 Å². The van der Waals surface area contributed by atoms with Gasteiger partial charge in [-0.2, -0.15) is 0 Å². The zero-order chi connectivity index (χ0) is 20.4. The number of methoxy groups -OCH3 is 3. The Hall–Kier alpha value is -2.77. The van der Waals surface area contributed by atoms with Crippen LogP contribution in [-0.4, -0.2) is 68.3 Å². The second-order valence-corrected chi connectivity index (χ2v) is 7.53. The molecule has 0 N–H and O–H groups in total. The fourth-order valence-corrected chi connectivity index (χ4v) is 4.17. The standard InChI is InChI=1S/C21H28N4O4/c1-27-16-12-15-17(19(29-3)18(16)28-2)22-13-23-20(15)24-8-5-9-25(11-10-24)21(26)14-6-4-7-14/h12-14H,4-11H2,1-3H3. The van der Waals surface area contributed by atoms with Crippen LogP contribution in [0.5, 0.6) is 17.2 Å². The Morgan fingerprint density at radius 1 is 0.966 bits per heavy atom. The lowest BCUT2D eigenvalue weighted by molar-refractivity contribution is -0.137. The molecule has 0 unspecified atom stereocenters. The molecule has 1 aromatic heterocycles. The van der Waals surface area contributed by atoms with Gasteiger partial charge in [-0.15, -0.1) is 0 Å². The van der Waals surface area contributed by atoms with Crippen molar-refractivity contribution in [2.75, 3.05) is 52.4 Å². The van der Waals surface area contributed by atoms with E-state index in [0.717, 1.165) is 50.1 Å². The van der Waals surface area contributed by atoms with Crippen molar-refractivity contribution in [3.8, 4) is 17.2 Å². The zero-order valence-corrected chi connectivity index (χ0v) is 17.3. The average Bonchev–Trinajstić information content (AvgIpc) is 2.96. The number of aromatic nitrogens is 2. The van der Waals surface area contributed by atoms with Crippen LogP contribution in [0.1, 0.15) is 25.7 Å². The van der Waals surface area contributed by atoms with Crippen LogP contribution < -0.4 is 19.1 Å². The molecule has 4 rings (SSSR count). The number of rotatable bonds is 5. The molecule has 1 saturated heterocycles. The van der Waals surface area contributed by atoms with Crippen LogP contribution in [0.4, 0.5) is 5.82 Å². The van der Waals surface area contributed by atoms with Gasteiger partial charge in [0.15, 0.2) is 11.5 Å². The topological polar surface area (TPSA) is 77.0 Å². The number of ether oxygens (including phenoxy) is 3. The first kappa shape index (κ1) is 19.5. The molecule has 1 saturated carbocycles. The molecule has 8 heteroatoms. The van der Waals surface area contributed by atoms with Gasteiger partial charge in [0, 0.05) is 32.1 Å². The van der Waals surface area contributed by atoms with Gasteiger partial charge in [-0.05, 0) is 25.3 Å². The first-order chi connectivity index (χ1) is 14.2. The van der Waals surface area contributed by atoms with Crippen molar-refractivity contribution in [3.63, 3.8) is 0 Å². The molecule has 0 atom stereocenters. The number of anilines is 1. The predicted octanol–water partition coefficient (Wildman–Crippen LogP) is 2.49. The smallest absolute Gasteiger partial charge is 0.225 e. The van der Waals surface area contributed by atoms with Crippen LogP contribution in [0.2, 0.25) is 0 Å². The molecule has 2 aromatic rings. The second kappa shape index (κ2) is 8.31. The Balaban J connectivity index is 1.66. The minimum Gasteiger partial charge on any atom is -0.493 e. The summed E-state index contributed by atoms with van der Waals surface area (Å²) in [4.78, 5) is 25.9. The molecule has 0 radical (unpaired) electrons. The summed E-state index contributed by atoms with van der Waals surface area (Å²) in [5.74, 6) is 3.00. The van der Waals surface area contributed by atoms with Gasteiger partial charge in [0.2, 0.25) is 11.7 Å². The summed E-state index contributed by atoms with van der Waals surface area (Å²) < 4.78 is 16.6. The normalized spacial score (nSPS) is 17.6. The molecule has 29 heavy (non-hydrogen) atoms. The van der Waals surface area contributed by atoms with Gasteiger partial charge in [0.1, 0.15) is 17.7 Å². The third kappa shape index (κ3) is 3.52. The molecule has 2 heterocycles. The Bertz CT molecular complexity index is 900. The van der Waals surface area contributed by atoms with Crippen molar-refractivity contribution >= 4 is 22.6 Å². The lowest BCUT2D eigenvalue weighted by Crippen LogP contribution is -2.41. The van der Waals surface area contributed by atoms with Gasteiger partial charge >= 0.3 is 0 Å². The SMILES string of the molecule is COc1cc2c(N3CCCN(C(=O)C4CCC4)CC3)ncnc2c(OC)c1OC. The average molecular weight is 400 g/mol. The summed E-state index contributed by atoms with van der Waals surface area (Å²) in [5, 5.41) is 0.848. The minimum atomic E-state index is 0.238. The Morgan fingerprint density at radius 3 is 2.41 bits per heavy atom. The van der Waals surface area contributed by atoms with Crippen molar-refractivity contribution in [2.24, 2.45) is 5.92 Å². The quantitative estimate of drug-likeness (QED) is 0.763. The number of nitrogens with zero attached hydrogens (tertiary/aromatic N) is 4. The summed E-state index contributed by atoms with van der Waals surface area (Å²) in [7, 11) is 4.77. The minimum absolute atomic E-state index is 0.238. The summed E-state index contributed by atoms with van der Waals surface area (Å²) in [6.07, 6.45) is 5.72. The fraction of sp³-hybridized carbons (Fsp3) is 0.571. The predicted molar refractivity (Wildman–Crippen MR) is 110 cm³/mol. The number of hydrogen-bond acceptors (Lipinski definition) is 7. The maximum Gasteiger partial charge on any atom is 0.225 e. The highest BCUT2D eigenvalue weighted by Crippen LogP contribution is 2.44. The van der Waals surface area contributed by atoms with Crippen molar-refractivity contribution in [2.45, 2.75) is 25.7 Å². The highest BCUT2D eigenvalue weighted by atomic mass is 16.5. The number of hydrogen-bond donors (Lipinski definition) is 0. The van der Waals surface area contributed by atoms with E-state index in [1.54, 1.807) is 27.7 Å². The maximum absolute atomic E-state index is 12.7. The molecule has 2 aliphatic rings. The van der Waals surface area contributed by atoms with Crippen molar-refractivity contribution in [1.82, 2.24) is 14.9 Å². The highest BCUT2D eigenvalue weighted by Gasteiger charge is 2.31. The van der Waals surface area contributed by atoms with Gasteiger partial charge in [-0.1, -0.05) is 6.42 Å². The molecular weight excluding hydrogens is 372 g/mol. The lowest BCUT2D eigenvalue weighted by Gasteiger charge is -2.31. The van der Waals surface area contributed by atoms with E-state index in [9.17, 15) is 4.79 Å². The van der Waals surface area contributed by atoms with E-state index in [4.69, 9.17) is 14.2 Å². The monoisotopic (exact) mass is 400 g/mol. The Labute approximate surface area is 170 Å². The first-order valence-electron chi connectivity index (χ1n) is 10.1. The molecule has 1 aliphatic heterocycles. The van der Waals surface area contributed by atoms with E-state index < -0.39 is 0 Å². The number of carbonyl (C=O) groups excluding carboxylic acids is 1. The van der Waals surface area contributed by atoms with Crippen molar-refractivity contribution in [3.05, 3.63) is 12.4 Å². The van der Waals surface area contributed by atoms with E-state index >= 15 is 0 Å². The van der Waals surface area contributed by atoms with Gasteiger partial charge in [-0.3, -0.25) is 4.79 Å². The molecule has 2 fully saturated rings. The number of fused-ring (bicyclic) bond motifs is 1. The Kier molecular flexibility index (Phi) is 5.60. The van der Waals surface area contributed by atoms with Crippen LogP contribution in [0, 0.1) is 5.92 Å². The summed E-state index contributed by atoms with van der Waals surface area (Å²) in [6.45, 7) is 3.08. The summed E-state index contributed by atoms with van der Waals surface area (Å²) >= 11 is 0. The molecule has 1 aromatic carbocycles. The fourth-order valence-electron chi connectivity index (χ4n) is 4.17. The molecule has 1 aliphatic carbocycles. The van der Waals surface area contributed by atoms with Crippen LogP contribution in [0.25, 0.3) is 10.9 Å². The zero-order valence-electron chi connectivity index (χ0n) is 17.3. The first-order valence-corrected chi connectivity index (χ1v) is 10.1. The highest BCUT2D eigenvalue weighted by molar-refractivity contribution is 5.97. The molecule has 156 valence electrons. The molecular formula is C21H28N4O4. The van der Waals surface area contributed by atoms with Crippen LogP contribution >= 0.6 is 0 Å². The number of carbonyl (C=O) groups is 1. The van der Waals surface area contributed by atoms with Gasteiger partial charge < -0.3 is 24.0 Å². The van der Waals surface area contributed by atoms with E-state index in [2.05, 4.69) is 14.9 Å². The number of benzene rings is 1. The van der Waals surface area contributed by atoms with E-state index in [1.807, 2.05) is 11.0 Å². The summed E-state index contributed by atoms with van der Waals surface area (Å²) in [5.41, 5.74) is 0.682. The lowest BCUT2D eigenvalue weighted by atomic mass is 9.84. The van der Waals surface area contributed by atoms with Gasteiger partial charge in [0.25, 0.3) is 0 Å². The van der Waals surface area contributed by atoms with Crippen molar-refractivity contribution < 1.29 is 19.0 Å². The third-order valence-corrected chi connectivity index (χ3v) is 5.97. The van der Waals surface area contributed by atoms with E-state index in [0.29, 0.717) is 35.2 Å². The molecule has 0 spiro atoms. The maximum atomic E-state index is 12.7. The third-order valence-electron chi connectivity index (χ3n) is 5.97. The van der Waals surface area contributed by atoms with Gasteiger partial charge in [-0.25, -0.2) is 9.97 Å². The van der Waals surface area contributed by atoms with Crippen LogP contribution in [0.3, 0.4) is 0 Å². The Morgan fingerprint density at radius 2 is 1.76 bits per heavy atom. The summed E-state index contributed by atoms with van der Waals surface area (Å²) in [6, 6.07) is 1.90. The van der Waals surface area contributed by atoms with E-state index in [1.165, 1.54) is 6.42 Å². The second-order valence-electron chi connectivity index (χ2n) is 7.53. The largest absolute Gasteiger partial charge is 0.493 e. The molecule has 8 nitrogen and oxygen atoms in total. The number of amides is 1. The van der Waals surface area contributed by atoms with Crippen molar-refractivity contribution in [1.29, 1.82) is 0 Å². The molecule has 1 amide bonds.